The third kappa shape index (κ3) is 2.69. The first-order chi connectivity index (χ1) is 6.52. The van der Waals surface area contributed by atoms with Crippen molar-refractivity contribution in [1.29, 1.82) is 0 Å². The number of amides is 1. The molecule has 0 aromatic heterocycles. The molecule has 1 aliphatic heterocycles. The van der Waals surface area contributed by atoms with Gasteiger partial charge in [-0.2, -0.15) is 0 Å². The van der Waals surface area contributed by atoms with Crippen LogP contribution < -0.4 is 5.73 Å². The molecule has 14 heavy (non-hydrogen) atoms. The number of likely N-dealkylation sites (N-methyl/N-ethyl adjacent to an activating group) is 1. The maximum absolute atomic E-state index is 11.3. The fourth-order valence-corrected chi connectivity index (χ4v) is 2.03. The van der Waals surface area contributed by atoms with Crippen molar-refractivity contribution in [3.63, 3.8) is 0 Å². The lowest BCUT2D eigenvalue weighted by Gasteiger charge is -2.38. The smallest absolute Gasteiger partial charge is 0.235 e. The molecule has 0 spiro atoms. The highest BCUT2D eigenvalue weighted by Gasteiger charge is 2.28. The molecule has 1 amide bonds. The van der Waals surface area contributed by atoms with Gasteiger partial charge in [-0.25, -0.2) is 0 Å². The van der Waals surface area contributed by atoms with Crippen LogP contribution in [0, 0.1) is 5.92 Å². The summed E-state index contributed by atoms with van der Waals surface area (Å²) in [7, 11) is 2.10. The van der Waals surface area contributed by atoms with Crippen molar-refractivity contribution in [2.24, 2.45) is 11.7 Å². The Bertz CT molecular complexity index is 198. The highest BCUT2D eigenvalue weighted by atomic mass is 16.1. The number of hydrogen-bond donors (Lipinski definition) is 1. The Balaban J connectivity index is 2.56. The molecule has 0 aromatic rings. The number of carbonyl (C=O) groups is 1. The molecular formula is C10H21N3O. The third-order valence-corrected chi connectivity index (χ3v) is 2.85. The standard InChI is InChI=1S/C10H21N3O/c1-8(2)9(10(11)14)13-6-4-12(3)5-7-13/h8-9H,4-7H2,1-3H3,(H2,11,14). The van der Waals surface area contributed by atoms with Crippen molar-refractivity contribution in [3.8, 4) is 0 Å². The molecule has 0 aliphatic carbocycles. The summed E-state index contributed by atoms with van der Waals surface area (Å²) < 4.78 is 0. The van der Waals surface area contributed by atoms with E-state index in [0.29, 0.717) is 5.92 Å². The van der Waals surface area contributed by atoms with Crippen LogP contribution in [-0.2, 0) is 4.79 Å². The quantitative estimate of drug-likeness (QED) is 0.681. The molecule has 1 aliphatic rings. The number of primary amides is 1. The Kier molecular flexibility index (Phi) is 3.89. The fourth-order valence-electron chi connectivity index (χ4n) is 2.03. The minimum atomic E-state index is -0.190. The van der Waals surface area contributed by atoms with Gasteiger partial charge in [0, 0.05) is 26.2 Å². The average Bonchev–Trinajstić information content (AvgIpc) is 2.07. The molecular weight excluding hydrogens is 178 g/mol. The van der Waals surface area contributed by atoms with Crippen LogP contribution in [0.3, 0.4) is 0 Å². The largest absolute Gasteiger partial charge is 0.368 e. The number of rotatable bonds is 3. The molecule has 1 unspecified atom stereocenters. The van der Waals surface area contributed by atoms with Crippen LogP contribution in [0.1, 0.15) is 13.8 Å². The van der Waals surface area contributed by atoms with Gasteiger partial charge in [-0.1, -0.05) is 13.8 Å². The van der Waals surface area contributed by atoms with Crippen molar-refractivity contribution in [1.82, 2.24) is 9.80 Å². The van der Waals surface area contributed by atoms with Crippen molar-refractivity contribution in [3.05, 3.63) is 0 Å². The molecule has 1 fully saturated rings. The number of piperazine rings is 1. The second-order valence-corrected chi connectivity index (χ2v) is 4.43. The van der Waals surface area contributed by atoms with Crippen LogP contribution >= 0.6 is 0 Å². The zero-order valence-electron chi connectivity index (χ0n) is 9.36. The van der Waals surface area contributed by atoms with Gasteiger partial charge < -0.3 is 10.6 Å². The zero-order valence-corrected chi connectivity index (χ0v) is 9.36. The van der Waals surface area contributed by atoms with Crippen molar-refractivity contribution in [2.45, 2.75) is 19.9 Å². The summed E-state index contributed by atoms with van der Waals surface area (Å²) in [6, 6.07) is -0.0938. The first-order valence-electron chi connectivity index (χ1n) is 5.24. The Morgan fingerprint density at radius 3 is 2.07 bits per heavy atom. The molecule has 1 atom stereocenters. The van der Waals surface area contributed by atoms with E-state index in [4.69, 9.17) is 5.73 Å². The highest BCUT2D eigenvalue weighted by molar-refractivity contribution is 5.80. The maximum Gasteiger partial charge on any atom is 0.235 e. The summed E-state index contributed by atoms with van der Waals surface area (Å²) in [5.74, 6) is 0.112. The predicted molar refractivity (Wildman–Crippen MR) is 56.9 cm³/mol. The highest BCUT2D eigenvalue weighted by Crippen LogP contribution is 2.12. The fraction of sp³-hybridized carbons (Fsp3) is 0.900. The van der Waals surface area contributed by atoms with Crippen LogP contribution in [-0.4, -0.2) is 55.0 Å². The van der Waals surface area contributed by atoms with E-state index in [0.717, 1.165) is 26.2 Å². The van der Waals surface area contributed by atoms with Crippen molar-refractivity contribution >= 4 is 5.91 Å². The second-order valence-electron chi connectivity index (χ2n) is 4.43. The first kappa shape index (κ1) is 11.5. The summed E-state index contributed by atoms with van der Waals surface area (Å²) in [6.07, 6.45) is 0. The Hall–Kier alpha value is -0.610. The Labute approximate surface area is 86.0 Å². The molecule has 0 bridgehead atoms. The van der Waals surface area contributed by atoms with E-state index in [2.05, 4.69) is 16.8 Å². The Morgan fingerprint density at radius 2 is 1.71 bits per heavy atom. The van der Waals surface area contributed by atoms with Crippen molar-refractivity contribution < 1.29 is 4.79 Å². The summed E-state index contributed by atoms with van der Waals surface area (Å²) in [5.41, 5.74) is 5.41. The summed E-state index contributed by atoms with van der Waals surface area (Å²) in [5, 5.41) is 0. The lowest BCUT2D eigenvalue weighted by Crippen LogP contribution is -2.55. The van der Waals surface area contributed by atoms with E-state index in [1.54, 1.807) is 0 Å². The van der Waals surface area contributed by atoms with Gasteiger partial charge in [0.2, 0.25) is 5.91 Å². The van der Waals surface area contributed by atoms with E-state index in [-0.39, 0.29) is 11.9 Å². The lowest BCUT2D eigenvalue weighted by atomic mass is 10.0. The zero-order chi connectivity index (χ0) is 10.7. The third-order valence-electron chi connectivity index (χ3n) is 2.85. The topological polar surface area (TPSA) is 49.6 Å². The average molecular weight is 199 g/mol. The number of carbonyl (C=O) groups excluding carboxylic acids is 1. The monoisotopic (exact) mass is 199 g/mol. The second kappa shape index (κ2) is 4.75. The van der Waals surface area contributed by atoms with Gasteiger partial charge >= 0.3 is 0 Å². The van der Waals surface area contributed by atoms with Gasteiger partial charge in [0.1, 0.15) is 0 Å². The maximum atomic E-state index is 11.3. The SMILES string of the molecule is CC(C)C(C(N)=O)N1CCN(C)CC1. The molecule has 0 radical (unpaired) electrons. The molecule has 0 aromatic carbocycles. The van der Waals surface area contributed by atoms with Crippen LogP contribution in [0.25, 0.3) is 0 Å². The molecule has 1 saturated heterocycles. The molecule has 1 rings (SSSR count). The van der Waals surface area contributed by atoms with Gasteiger partial charge in [-0.15, -0.1) is 0 Å². The van der Waals surface area contributed by atoms with E-state index < -0.39 is 0 Å². The predicted octanol–water partition coefficient (Wildman–Crippen LogP) is -0.256. The summed E-state index contributed by atoms with van der Waals surface area (Å²) in [4.78, 5) is 15.8. The minimum Gasteiger partial charge on any atom is -0.368 e. The molecule has 4 nitrogen and oxygen atoms in total. The van der Waals surface area contributed by atoms with E-state index in [1.165, 1.54) is 0 Å². The Morgan fingerprint density at radius 1 is 1.21 bits per heavy atom. The molecule has 4 heteroatoms. The number of hydrogen-bond acceptors (Lipinski definition) is 3. The molecule has 0 saturated carbocycles. The van der Waals surface area contributed by atoms with Gasteiger partial charge in [0.05, 0.1) is 6.04 Å². The molecule has 1 heterocycles. The first-order valence-corrected chi connectivity index (χ1v) is 5.24. The molecule has 82 valence electrons. The minimum absolute atomic E-state index is 0.0938. The summed E-state index contributed by atoms with van der Waals surface area (Å²) >= 11 is 0. The van der Waals surface area contributed by atoms with Gasteiger partial charge in [-0.3, -0.25) is 9.69 Å². The van der Waals surface area contributed by atoms with E-state index in [9.17, 15) is 4.79 Å². The van der Waals surface area contributed by atoms with Crippen LogP contribution in [0.5, 0.6) is 0 Å². The summed E-state index contributed by atoms with van der Waals surface area (Å²) in [6.45, 7) is 8.04. The normalized spacial score (nSPS) is 22.6. The van der Waals surface area contributed by atoms with Crippen molar-refractivity contribution in [2.75, 3.05) is 33.2 Å². The van der Waals surface area contributed by atoms with E-state index in [1.807, 2.05) is 13.8 Å². The van der Waals surface area contributed by atoms with Gasteiger partial charge in [0.15, 0.2) is 0 Å². The van der Waals surface area contributed by atoms with Crippen LogP contribution in [0.4, 0.5) is 0 Å². The molecule has 2 N–H and O–H groups in total. The number of nitrogens with zero attached hydrogens (tertiary/aromatic N) is 2. The van der Waals surface area contributed by atoms with Crippen LogP contribution in [0.2, 0.25) is 0 Å². The van der Waals surface area contributed by atoms with Gasteiger partial charge in [0.25, 0.3) is 0 Å². The van der Waals surface area contributed by atoms with E-state index >= 15 is 0 Å². The lowest BCUT2D eigenvalue weighted by molar-refractivity contribution is -0.125. The van der Waals surface area contributed by atoms with Gasteiger partial charge in [-0.05, 0) is 13.0 Å². The van der Waals surface area contributed by atoms with Crippen LogP contribution in [0.15, 0.2) is 0 Å². The number of nitrogens with two attached hydrogens (primary N) is 1.